The van der Waals surface area contributed by atoms with Crippen LogP contribution >= 0.6 is 11.8 Å². The van der Waals surface area contributed by atoms with Crippen LogP contribution in [0.2, 0.25) is 0 Å². The first-order valence-corrected chi connectivity index (χ1v) is 11.1. The summed E-state index contributed by atoms with van der Waals surface area (Å²) in [7, 11) is 0. The van der Waals surface area contributed by atoms with Gasteiger partial charge in [0.2, 0.25) is 5.91 Å². The number of hydrogen-bond acceptors (Lipinski definition) is 4. The van der Waals surface area contributed by atoms with E-state index in [9.17, 15) is 9.59 Å². The Morgan fingerprint density at radius 1 is 1.00 bits per heavy atom. The topological polar surface area (TPSA) is 55.2 Å². The Bertz CT molecular complexity index is 1040. The number of carbonyl (C=O) groups excluding carboxylic acids is 1. The summed E-state index contributed by atoms with van der Waals surface area (Å²) in [6, 6.07) is 17.7. The van der Waals surface area contributed by atoms with Crippen LogP contribution < -0.4 is 5.56 Å². The molecule has 6 heteroatoms. The maximum Gasteiger partial charge on any atom is 0.262 e. The highest BCUT2D eigenvalue weighted by molar-refractivity contribution is 7.99. The average molecular weight is 408 g/mol. The van der Waals surface area contributed by atoms with E-state index < -0.39 is 0 Å². The lowest BCUT2D eigenvalue weighted by atomic mass is 10.1. The number of carbonyl (C=O) groups is 1. The molecule has 1 amide bonds. The van der Waals surface area contributed by atoms with E-state index in [1.54, 1.807) is 4.57 Å². The van der Waals surface area contributed by atoms with Gasteiger partial charge in [-0.3, -0.25) is 14.2 Å². The summed E-state index contributed by atoms with van der Waals surface area (Å²) in [5.74, 6) is 0.453. The second-order valence-corrected chi connectivity index (χ2v) is 8.28. The molecule has 0 bridgehead atoms. The third kappa shape index (κ3) is 4.70. The van der Waals surface area contributed by atoms with E-state index in [2.05, 4.69) is 12.1 Å². The summed E-state index contributed by atoms with van der Waals surface area (Å²) < 4.78 is 1.74. The van der Waals surface area contributed by atoms with Crippen molar-refractivity contribution < 1.29 is 4.79 Å². The smallest absolute Gasteiger partial charge is 0.262 e. The molecule has 2 heterocycles. The van der Waals surface area contributed by atoms with Crippen molar-refractivity contribution in [2.45, 2.75) is 37.4 Å². The predicted octanol–water partition coefficient (Wildman–Crippen LogP) is 3.74. The van der Waals surface area contributed by atoms with Crippen molar-refractivity contribution in [1.82, 2.24) is 14.5 Å². The van der Waals surface area contributed by atoms with Gasteiger partial charge in [-0.25, -0.2) is 4.98 Å². The Balaban J connectivity index is 1.54. The molecule has 1 aromatic heterocycles. The van der Waals surface area contributed by atoms with Crippen LogP contribution in [0.25, 0.3) is 10.9 Å². The molecule has 5 nitrogen and oxygen atoms in total. The zero-order valence-corrected chi connectivity index (χ0v) is 17.2. The van der Waals surface area contributed by atoms with Crippen LogP contribution in [0.4, 0.5) is 0 Å². The van der Waals surface area contributed by atoms with Gasteiger partial charge in [0.15, 0.2) is 5.16 Å². The normalized spacial score (nSPS) is 13.9. The van der Waals surface area contributed by atoms with E-state index in [-0.39, 0.29) is 11.5 Å². The minimum absolute atomic E-state index is 0.0280. The summed E-state index contributed by atoms with van der Waals surface area (Å²) in [5.41, 5.74) is 1.92. The van der Waals surface area contributed by atoms with Crippen molar-refractivity contribution in [2.24, 2.45) is 0 Å². The average Bonchev–Trinajstić information content (AvgIpc) is 3.30. The molecule has 0 aliphatic carbocycles. The highest BCUT2D eigenvalue weighted by Gasteiger charge is 2.19. The highest BCUT2D eigenvalue weighted by Crippen LogP contribution is 2.20. The van der Waals surface area contributed by atoms with Crippen molar-refractivity contribution in [3.8, 4) is 0 Å². The summed E-state index contributed by atoms with van der Waals surface area (Å²) in [4.78, 5) is 32.2. The minimum Gasteiger partial charge on any atom is -0.342 e. The Labute approximate surface area is 174 Å². The fourth-order valence-electron chi connectivity index (χ4n) is 3.73. The lowest BCUT2D eigenvalue weighted by Gasteiger charge is -2.16. The van der Waals surface area contributed by atoms with Crippen molar-refractivity contribution in [3.05, 3.63) is 70.5 Å². The number of aryl methyl sites for hydroxylation is 1. The first-order chi connectivity index (χ1) is 14.2. The van der Waals surface area contributed by atoms with E-state index in [4.69, 9.17) is 4.98 Å². The van der Waals surface area contributed by atoms with Gasteiger partial charge in [-0.2, -0.15) is 0 Å². The first-order valence-electron chi connectivity index (χ1n) is 10.2. The molecule has 0 saturated carbocycles. The molecule has 2 aromatic carbocycles. The second-order valence-electron chi connectivity index (χ2n) is 7.33. The van der Waals surface area contributed by atoms with Crippen LogP contribution in [0.15, 0.2) is 64.5 Å². The number of thioether (sulfide) groups is 1. The predicted molar refractivity (Wildman–Crippen MR) is 117 cm³/mol. The molecule has 0 atom stereocenters. The summed E-state index contributed by atoms with van der Waals surface area (Å²) in [6.45, 7) is 2.27. The Morgan fingerprint density at radius 2 is 1.72 bits per heavy atom. The number of fused-ring (bicyclic) bond motifs is 1. The zero-order chi connectivity index (χ0) is 20.1. The Hall–Kier alpha value is -2.60. The van der Waals surface area contributed by atoms with Crippen molar-refractivity contribution in [1.29, 1.82) is 0 Å². The number of benzene rings is 2. The van der Waals surface area contributed by atoms with Gasteiger partial charge in [0.1, 0.15) is 0 Å². The molecule has 0 spiro atoms. The number of hydrogen-bond donors (Lipinski definition) is 0. The number of para-hydroxylation sites is 1. The third-order valence-corrected chi connectivity index (χ3v) is 6.26. The second kappa shape index (κ2) is 9.27. The minimum atomic E-state index is -0.0280. The van der Waals surface area contributed by atoms with Gasteiger partial charge in [0.05, 0.1) is 16.7 Å². The SMILES string of the molecule is O=C(CSc1nc2ccccc2c(=O)n1CCCc1ccccc1)N1CCCC1. The fourth-order valence-corrected chi connectivity index (χ4v) is 4.65. The van der Waals surface area contributed by atoms with Gasteiger partial charge in [0, 0.05) is 19.6 Å². The Morgan fingerprint density at radius 3 is 2.52 bits per heavy atom. The standard InChI is InChI=1S/C23H25N3O2S/c27-21(25-14-6-7-15-25)17-29-23-24-20-13-5-4-12-19(20)22(28)26(23)16-8-11-18-9-2-1-3-10-18/h1-5,9-10,12-13H,6-8,11,14-17H2. The maximum absolute atomic E-state index is 13.1. The number of likely N-dealkylation sites (tertiary alicyclic amines) is 1. The van der Waals surface area contributed by atoms with Crippen LogP contribution in [0.1, 0.15) is 24.8 Å². The maximum atomic E-state index is 13.1. The molecule has 1 aliphatic heterocycles. The van der Waals surface area contributed by atoms with E-state index in [1.165, 1.54) is 17.3 Å². The van der Waals surface area contributed by atoms with E-state index in [0.29, 0.717) is 28.4 Å². The Kier molecular flexibility index (Phi) is 6.30. The van der Waals surface area contributed by atoms with Gasteiger partial charge in [-0.1, -0.05) is 54.2 Å². The summed E-state index contributed by atoms with van der Waals surface area (Å²) >= 11 is 1.38. The van der Waals surface area contributed by atoms with Crippen LogP contribution in [0.3, 0.4) is 0 Å². The molecule has 1 aliphatic rings. The largest absolute Gasteiger partial charge is 0.342 e. The molecule has 1 fully saturated rings. The first kappa shape index (κ1) is 19.7. The quantitative estimate of drug-likeness (QED) is 0.442. The van der Waals surface area contributed by atoms with Crippen LogP contribution in [-0.2, 0) is 17.8 Å². The van der Waals surface area contributed by atoms with Gasteiger partial charge in [-0.05, 0) is 43.4 Å². The molecule has 3 aromatic rings. The molecule has 0 radical (unpaired) electrons. The summed E-state index contributed by atoms with van der Waals surface area (Å²) in [5, 5.41) is 1.26. The van der Waals surface area contributed by atoms with Crippen molar-refractivity contribution in [3.63, 3.8) is 0 Å². The van der Waals surface area contributed by atoms with Crippen LogP contribution in [0.5, 0.6) is 0 Å². The van der Waals surface area contributed by atoms with Crippen LogP contribution in [0, 0.1) is 0 Å². The summed E-state index contributed by atoms with van der Waals surface area (Å²) in [6.07, 6.45) is 3.90. The van der Waals surface area contributed by atoms with E-state index in [1.807, 2.05) is 47.4 Å². The lowest BCUT2D eigenvalue weighted by molar-refractivity contribution is -0.127. The molecule has 1 saturated heterocycles. The van der Waals surface area contributed by atoms with Gasteiger partial charge in [0.25, 0.3) is 5.56 Å². The van der Waals surface area contributed by atoms with Gasteiger partial charge in [-0.15, -0.1) is 0 Å². The molecule has 29 heavy (non-hydrogen) atoms. The van der Waals surface area contributed by atoms with Crippen molar-refractivity contribution >= 4 is 28.6 Å². The third-order valence-electron chi connectivity index (χ3n) is 5.30. The molecular formula is C23H25N3O2S. The molecule has 0 N–H and O–H groups in total. The number of rotatable bonds is 7. The monoisotopic (exact) mass is 407 g/mol. The van der Waals surface area contributed by atoms with Crippen molar-refractivity contribution in [2.75, 3.05) is 18.8 Å². The molecular weight excluding hydrogens is 382 g/mol. The van der Waals surface area contributed by atoms with Crippen LogP contribution in [-0.4, -0.2) is 39.2 Å². The van der Waals surface area contributed by atoms with Gasteiger partial charge < -0.3 is 4.90 Å². The molecule has 0 unspecified atom stereocenters. The zero-order valence-electron chi connectivity index (χ0n) is 16.4. The number of aromatic nitrogens is 2. The fraction of sp³-hybridized carbons (Fsp3) is 0.348. The highest BCUT2D eigenvalue weighted by atomic mass is 32.2. The molecule has 4 rings (SSSR count). The number of nitrogens with zero attached hydrogens (tertiary/aromatic N) is 3. The van der Waals surface area contributed by atoms with Gasteiger partial charge >= 0.3 is 0 Å². The molecule has 150 valence electrons. The van der Waals surface area contributed by atoms with E-state index in [0.717, 1.165) is 38.8 Å². The number of amides is 1. The van der Waals surface area contributed by atoms with E-state index >= 15 is 0 Å². The lowest BCUT2D eigenvalue weighted by Crippen LogP contribution is -2.30.